The van der Waals surface area contributed by atoms with Gasteiger partial charge in [0.25, 0.3) is 0 Å². The molecule has 1 saturated carbocycles. The molecule has 2 aromatic carbocycles. The van der Waals surface area contributed by atoms with Crippen LogP contribution in [-0.4, -0.2) is 18.0 Å². The van der Waals surface area contributed by atoms with Crippen molar-refractivity contribution in [3.8, 4) is 6.07 Å². The van der Waals surface area contributed by atoms with Crippen molar-refractivity contribution in [2.45, 2.75) is 57.2 Å². The first-order valence-corrected chi connectivity index (χ1v) is 10.7. The average Bonchev–Trinajstić information content (AvgIpc) is 3.57. The van der Waals surface area contributed by atoms with E-state index in [1.165, 1.54) is 17.7 Å². The summed E-state index contributed by atoms with van der Waals surface area (Å²) in [7, 11) is 0. The quantitative estimate of drug-likeness (QED) is 0.440. The fourth-order valence-corrected chi connectivity index (χ4v) is 4.34. The van der Waals surface area contributed by atoms with Gasteiger partial charge in [-0.1, -0.05) is 49.4 Å². The minimum absolute atomic E-state index is 0.244. The lowest BCUT2D eigenvalue weighted by atomic mass is 9.73. The van der Waals surface area contributed by atoms with Gasteiger partial charge in [0.05, 0.1) is 17.0 Å². The summed E-state index contributed by atoms with van der Waals surface area (Å²) < 4.78 is 38.8. The van der Waals surface area contributed by atoms with Crippen molar-refractivity contribution in [3.05, 3.63) is 71.3 Å². The zero-order valence-corrected chi connectivity index (χ0v) is 17.5. The van der Waals surface area contributed by atoms with E-state index in [0.29, 0.717) is 6.42 Å². The third kappa shape index (κ3) is 5.43. The molecule has 0 heterocycles. The first kappa shape index (κ1) is 22.4. The average molecular weight is 415 g/mol. The molecule has 0 radical (unpaired) electrons. The molecule has 0 aromatic heterocycles. The molecule has 0 N–H and O–H groups in total. The minimum Gasteiger partial charge on any atom is -0.299 e. The van der Waals surface area contributed by atoms with E-state index < -0.39 is 17.2 Å². The van der Waals surface area contributed by atoms with E-state index in [1.54, 1.807) is 0 Å². The molecular weight excluding hydrogens is 385 g/mol. The monoisotopic (exact) mass is 414 g/mol. The van der Waals surface area contributed by atoms with Crippen LogP contribution in [0.4, 0.5) is 13.2 Å². The number of hydrogen-bond acceptors (Lipinski definition) is 2. The third-order valence-corrected chi connectivity index (χ3v) is 6.04. The minimum atomic E-state index is -4.36. The van der Waals surface area contributed by atoms with Crippen LogP contribution in [0.25, 0.3) is 0 Å². The van der Waals surface area contributed by atoms with Gasteiger partial charge in [-0.05, 0) is 74.4 Å². The van der Waals surface area contributed by atoms with Crippen LogP contribution >= 0.6 is 0 Å². The standard InChI is InChI=1S/C25H29F3N2/c1-2-16-30(18-20-7-4-3-5-8-20)17-6-15-24(19-29,21-9-10-21)22-11-13-23(14-12-22)25(26,27)28/h3-5,7-8,11-14,21H,2,6,9-10,15-18H2,1H3. The molecule has 1 unspecified atom stereocenters. The Morgan fingerprint density at radius 2 is 1.60 bits per heavy atom. The number of rotatable bonds is 10. The van der Waals surface area contributed by atoms with Gasteiger partial charge < -0.3 is 0 Å². The second-order valence-corrected chi connectivity index (χ2v) is 8.30. The summed E-state index contributed by atoms with van der Waals surface area (Å²) in [4.78, 5) is 2.40. The van der Waals surface area contributed by atoms with Crippen LogP contribution in [0.2, 0.25) is 0 Å². The fourth-order valence-electron chi connectivity index (χ4n) is 4.34. The van der Waals surface area contributed by atoms with Crippen LogP contribution < -0.4 is 0 Å². The van der Waals surface area contributed by atoms with Crippen molar-refractivity contribution in [2.24, 2.45) is 5.92 Å². The highest BCUT2D eigenvalue weighted by Gasteiger charge is 2.46. The number of hydrogen-bond donors (Lipinski definition) is 0. The van der Waals surface area contributed by atoms with Gasteiger partial charge in [-0.15, -0.1) is 0 Å². The van der Waals surface area contributed by atoms with Crippen LogP contribution in [-0.2, 0) is 18.1 Å². The molecule has 30 heavy (non-hydrogen) atoms. The van der Waals surface area contributed by atoms with E-state index in [1.807, 2.05) is 18.2 Å². The van der Waals surface area contributed by atoms with E-state index >= 15 is 0 Å². The molecule has 160 valence electrons. The molecule has 5 heteroatoms. The zero-order valence-electron chi connectivity index (χ0n) is 17.5. The highest BCUT2D eigenvalue weighted by molar-refractivity contribution is 5.38. The number of halogens is 3. The van der Waals surface area contributed by atoms with Crippen LogP contribution in [0.5, 0.6) is 0 Å². The molecule has 2 nitrogen and oxygen atoms in total. The maximum atomic E-state index is 12.9. The normalized spacial score (nSPS) is 16.3. The van der Waals surface area contributed by atoms with Crippen molar-refractivity contribution in [3.63, 3.8) is 0 Å². The molecule has 1 aliphatic carbocycles. The zero-order chi connectivity index (χ0) is 21.6. The van der Waals surface area contributed by atoms with Crippen LogP contribution in [0.1, 0.15) is 55.7 Å². The first-order valence-electron chi connectivity index (χ1n) is 10.7. The molecule has 0 amide bonds. The van der Waals surface area contributed by atoms with E-state index in [9.17, 15) is 18.4 Å². The fraction of sp³-hybridized carbons (Fsp3) is 0.480. The summed E-state index contributed by atoms with van der Waals surface area (Å²) in [6.07, 6.45) is 0.157. The Morgan fingerprint density at radius 1 is 0.967 bits per heavy atom. The van der Waals surface area contributed by atoms with E-state index in [2.05, 4.69) is 30.0 Å². The van der Waals surface area contributed by atoms with Crippen molar-refractivity contribution in [1.82, 2.24) is 4.90 Å². The Bertz CT molecular complexity index is 835. The van der Waals surface area contributed by atoms with Crippen molar-refractivity contribution < 1.29 is 13.2 Å². The van der Waals surface area contributed by atoms with Crippen molar-refractivity contribution in [1.29, 1.82) is 5.26 Å². The third-order valence-electron chi connectivity index (χ3n) is 6.04. The number of nitrogens with zero attached hydrogens (tertiary/aromatic N) is 2. The number of benzene rings is 2. The summed E-state index contributed by atoms with van der Waals surface area (Å²) in [5.41, 5.74) is 0.647. The highest BCUT2D eigenvalue weighted by atomic mass is 19.4. The Hall–Kier alpha value is -2.32. The molecule has 0 spiro atoms. The predicted molar refractivity (Wildman–Crippen MR) is 113 cm³/mol. The van der Waals surface area contributed by atoms with Gasteiger partial charge >= 0.3 is 6.18 Å². The van der Waals surface area contributed by atoms with Crippen molar-refractivity contribution >= 4 is 0 Å². The SMILES string of the molecule is CCCN(CCCC(C#N)(c1ccc(C(F)(F)F)cc1)C1CC1)Cc1ccccc1. The summed E-state index contributed by atoms with van der Waals surface area (Å²) in [6.45, 7) is 4.89. The molecule has 1 atom stereocenters. The van der Waals surface area contributed by atoms with Crippen LogP contribution in [0.15, 0.2) is 54.6 Å². The molecular formula is C25H29F3N2. The summed E-state index contributed by atoms with van der Waals surface area (Å²) in [5.74, 6) is 0.244. The van der Waals surface area contributed by atoms with E-state index in [4.69, 9.17) is 0 Å². The molecule has 0 aliphatic heterocycles. The summed E-state index contributed by atoms with van der Waals surface area (Å²) in [5, 5.41) is 10.1. The molecule has 0 saturated heterocycles. The second kappa shape index (κ2) is 9.66. The topological polar surface area (TPSA) is 27.0 Å². The van der Waals surface area contributed by atoms with Crippen molar-refractivity contribution in [2.75, 3.05) is 13.1 Å². The lowest BCUT2D eigenvalue weighted by molar-refractivity contribution is -0.137. The largest absolute Gasteiger partial charge is 0.416 e. The van der Waals surface area contributed by atoms with Gasteiger partial charge in [0.15, 0.2) is 0 Å². The maximum Gasteiger partial charge on any atom is 0.416 e. The number of alkyl halides is 3. The molecule has 3 rings (SSSR count). The van der Waals surface area contributed by atoms with Gasteiger partial charge in [0.1, 0.15) is 0 Å². The predicted octanol–water partition coefficient (Wildman–Crippen LogP) is 6.57. The molecule has 2 aromatic rings. The lowest BCUT2D eigenvalue weighted by Crippen LogP contribution is -2.30. The van der Waals surface area contributed by atoms with E-state index in [-0.39, 0.29) is 5.92 Å². The number of nitriles is 1. The Kier molecular flexibility index (Phi) is 7.20. The second-order valence-electron chi connectivity index (χ2n) is 8.30. The van der Waals surface area contributed by atoms with Gasteiger partial charge in [-0.2, -0.15) is 18.4 Å². The summed E-state index contributed by atoms with van der Waals surface area (Å²) >= 11 is 0. The van der Waals surface area contributed by atoms with Crippen LogP contribution in [0.3, 0.4) is 0 Å². The van der Waals surface area contributed by atoms with Gasteiger partial charge in [-0.25, -0.2) is 0 Å². The maximum absolute atomic E-state index is 12.9. The molecule has 1 fully saturated rings. The first-order chi connectivity index (χ1) is 14.4. The highest BCUT2D eigenvalue weighted by Crippen LogP contribution is 2.50. The Labute approximate surface area is 177 Å². The lowest BCUT2D eigenvalue weighted by Gasteiger charge is -2.29. The molecule has 1 aliphatic rings. The van der Waals surface area contributed by atoms with Gasteiger partial charge in [0.2, 0.25) is 0 Å². The Morgan fingerprint density at radius 3 is 2.13 bits per heavy atom. The Balaban J connectivity index is 1.69. The van der Waals surface area contributed by atoms with Gasteiger partial charge in [-0.3, -0.25) is 4.90 Å². The van der Waals surface area contributed by atoms with Crippen LogP contribution in [0, 0.1) is 17.2 Å². The van der Waals surface area contributed by atoms with E-state index in [0.717, 1.165) is 63.0 Å². The van der Waals surface area contributed by atoms with Gasteiger partial charge in [0, 0.05) is 6.54 Å². The summed E-state index contributed by atoms with van der Waals surface area (Å²) in [6, 6.07) is 18.1. The molecule has 0 bridgehead atoms. The smallest absolute Gasteiger partial charge is 0.299 e.